The minimum Gasteiger partial charge on any atom is -0.311 e. The molecule has 0 atom stereocenters. The van der Waals surface area contributed by atoms with Gasteiger partial charge in [-0.2, -0.15) is 0 Å². The van der Waals surface area contributed by atoms with Gasteiger partial charge in [-0.25, -0.2) is 0 Å². The second-order valence-electron chi connectivity index (χ2n) is 5.86. The fraction of sp³-hybridized carbons (Fsp3) is 0.625. The molecular formula is C16H23Br2NS. The lowest BCUT2D eigenvalue weighted by Gasteiger charge is -2.25. The van der Waals surface area contributed by atoms with Gasteiger partial charge in [0.2, 0.25) is 0 Å². The summed E-state index contributed by atoms with van der Waals surface area (Å²) in [7, 11) is 0. The first-order valence-electron chi connectivity index (χ1n) is 7.45. The van der Waals surface area contributed by atoms with Crippen molar-refractivity contribution in [1.82, 2.24) is 5.32 Å². The van der Waals surface area contributed by atoms with Gasteiger partial charge in [0, 0.05) is 21.9 Å². The number of rotatable bonds is 5. The van der Waals surface area contributed by atoms with Crippen molar-refractivity contribution in [2.45, 2.75) is 52.0 Å². The largest absolute Gasteiger partial charge is 0.311 e. The Morgan fingerprint density at radius 2 is 2.05 bits per heavy atom. The summed E-state index contributed by atoms with van der Waals surface area (Å²) in [4.78, 5) is 1.34. The van der Waals surface area contributed by atoms with Gasteiger partial charge in [0.1, 0.15) is 0 Å². The first-order chi connectivity index (χ1) is 9.56. The van der Waals surface area contributed by atoms with E-state index in [1.807, 2.05) is 0 Å². The van der Waals surface area contributed by atoms with Crippen LogP contribution in [0.1, 0.15) is 50.8 Å². The summed E-state index contributed by atoms with van der Waals surface area (Å²) in [6.07, 6.45) is 9.32. The Hall–Kier alpha value is 0.360. The monoisotopic (exact) mass is 419 g/mol. The lowest BCUT2D eigenvalue weighted by Crippen LogP contribution is -2.27. The van der Waals surface area contributed by atoms with Crippen LogP contribution < -0.4 is 5.32 Å². The van der Waals surface area contributed by atoms with E-state index in [1.165, 1.54) is 40.8 Å². The van der Waals surface area contributed by atoms with E-state index in [1.54, 1.807) is 16.9 Å². The molecule has 0 saturated heterocycles. The highest BCUT2D eigenvalue weighted by Crippen LogP contribution is 2.36. The minimum absolute atomic E-state index is 0.545. The standard InChI is InChI=1S/C16H23Br2NS/c1-11(2)19-10-13(12-6-4-3-5-7-12)8-14-9-15(17)16(18)20-14/h8-9,11-12,19H,3-7,10H2,1-2H3. The number of hydrogen-bond donors (Lipinski definition) is 1. The normalized spacial score (nSPS) is 17.9. The van der Waals surface area contributed by atoms with Crippen LogP contribution in [0.4, 0.5) is 0 Å². The van der Waals surface area contributed by atoms with Crippen LogP contribution in [-0.2, 0) is 0 Å². The summed E-state index contributed by atoms with van der Waals surface area (Å²) in [5.41, 5.74) is 1.58. The zero-order valence-corrected chi connectivity index (χ0v) is 16.2. The Kier molecular flexibility index (Phi) is 6.79. The van der Waals surface area contributed by atoms with Crippen LogP contribution >= 0.6 is 43.2 Å². The number of thiophene rings is 1. The fourth-order valence-corrected chi connectivity index (χ4v) is 4.79. The third kappa shape index (κ3) is 4.97. The zero-order valence-electron chi connectivity index (χ0n) is 12.2. The van der Waals surface area contributed by atoms with Gasteiger partial charge in [-0.1, -0.05) is 38.7 Å². The van der Waals surface area contributed by atoms with E-state index in [2.05, 4.69) is 63.2 Å². The summed E-state index contributed by atoms with van der Waals surface area (Å²) in [5, 5.41) is 3.60. The van der Waals surface area contributed by atoms with Crippen molar-refractivity contribution in [2.75, 3.05) is 6.54 Å². The third-order valence-corrected chi connectivity index (χ3v) is 7.04. The average molecular weight is 421 g/mol. The quantitative estimate of drug-likeness (QED) is 0.594. The molecule has 0 bridgehead atoms. The first kappa shape index (κ1) is 16.7. The van der Waals surface area contributed by atoms with Gasteiger partial charge in [0.25, 0.3) is 0 Å². The molecule has 1 aliphatic rings. The van der Waals surface area contributed by atoms with E-state index in [9.17, 15) is 0 Å². The molecule has 20 heavy (non-hydrogen) atoms. The van der Waals surface area contributed by atoms with Gasteiger partial charge in [-0.05, 0) is 62.8 Å². The van der Waals surface area contributed by atoms with Crippen LogP contribution in [0.2, 0.25) is 0 Å². The predicted molar refractivity (Wildman–Crippen MR) is 97.4 cm³/mol. The maximum absolute atomic E-state index is 3.60. The second kappa shape index (κ2) is 8.11. The summed E-state index contributed by atoms with van der Waals surface area (Å²) in [5.74, 6) is 0.773. The number of hydrogen-bond acceptors (Lipinski definition) is 2. The molecule has 2 rings (SSSR count). The molecule has 0 aliphatic heterocycles. The Bertz CT molecular complexity index is 440. The van der Waals surface area contributed by atoms with Crippen molar-refractivity contribution in [3.05, 3.63) is 24.8 Å². The maximum atomic E-state index is 3.60. The highest BCUT2D eigenvalue weighted by molar-refractivity contribution is 9.13. The van der Waals surface area contributed by atoms with Crippen LogP contribution in [0.5, 0.6) is 0 Å². The molecule has 0 spiro atoms. The van der Waals surface area contributed by atoms with E-state index in [0.29, 0.717) is 6.04 Å². The van der Waals surface area contributed by atoms with Gasteiger partial charge >= 0.3 is 0 Å². The molecule has 1 fully saturated rings. The van der Waals surface area contributed by atoms with Gasteiger partial charge in [0.05, 0.1) is 3.79 Å². The van der Waals surface area contributed by atoms with Gasteiger partial charge in [0.15, 0.2) is 0 Å². The van der Waals surface area contributed by atoms with E-state index >= 15 is 0 Å². The minimum atomic E-state index is 0.545. The van der Waals surface area contributed by atoms with Crippen LogP contribution in [0.15, 0.2) is 19.9 Å². The highest BCUT2D eigenvalue weighted by atomic mass is 79.9. The zero-order chi connectivity index (χ0) is 14.5. The summed E-state index contributed by atoms with van der Waals surface area (Å²) in [6.45, 7) is 5.46. The van der Waals surface area contributed by atoms with Crippen LogP contribution in [0.3, 0.4) is 0 Å². The molecule has 1 aromatic rings. The molecule has 1 nitrogen and oxygen atoms in total. The summed E-state index contributed by atoms with van der Waals surface area (Å²) in [6, 6.07) is 2.76. The Balaban J connectivity index is 2.15. The first-order valence-corrected chi connectivity index (χ1v) is 9.85. The molecule has 112 valence electrons. The second-order valence-corrected chi connectivity index (χ2v) is 9.12. The van der Waals surface area contributed by atoms with Gasteiger partial charge in [-0.15, -0.1) is 11.3 Å². The number of nitrogens with one attached hydrogen (secondary N) is 1. The molecule has 0 radical (unpaired) electrons. The van der Waals surface area contributed by atoms with Crippen molar-refractivity contribution >= 4 is 49.3 Å². The van der Waals surface area contributed by atoms with E-state index in [4.69, 9.17) is 0 Å². The van der Waals surface area contributed by atoms with Crippen LogP contribution in [-0.4, -0.2) is 12.6 Å². The molecule has 4 heteroatoms. The fourth-order valence-electron chi connectivity index (χ4n) is 2.73. The lowest BCUT2D eigenvalue weighted by molar-refractivity contribution is 0.394. The van der Waals surface area contributed by atoms with Gasteiger partial charge < -0.3 is 5.32 Å². The van der Waals surface area contributed by atoms with Crippen molar-refractivity contribution in [1.29, 1.82) is 0 Å². The molecule has 0 unspecified atom stereocenters. The Morgan fingerprint density at radius 3 is 2.60 bits per heavy atom. The van der Waals surface area contributed by atoms with E-state index in [0.717, 1.165) is 16.9 Å². The molecule has 1 N–H and O–H groups in total. The molecule has 1 heterocycles. The molecule has 0 aromatic carbocycles. The maximum Gasteiger partial charge on any atom is 0.0846 e. The SMILES string of the molecule is CC(C)NCC(=Cc1cc(Br)c(Br)s1)C1CCCCC1. The van der Waals surface area contributed by atoms with Crippen molar-refractivity contribution in [2.24, 2.45) is 5.92 Å². The number of halogens is 2. The summed E-state index contributed by atoms with van der Waals surface area (Å²) >= 11 is 8.98. The molecule has 1 saturated carbocycles. The van der Waals surface area contributed by atoms with Crippen LogP contribution in [0, 0.1) is 5.92 Å². The topological polar surface area (TPSA) is 12.0 Å². The van der Waals surface area contributed by atoms with Crippen molar-refractivity contribution < 1.29 is 0 Å². The predicted octanol–water partition coefficient (Wildman–Crippen LogP) is 6.23. The van der Waals surface area contributed by atoms with Gasteiger partial charge in [-0.3, -0.25) is 0 Å². The lowest BCUT2D eigenvalue weighted by atomic mass is 9.83. The third-order valence-electron chi connectivity index (χ3n) is 3.84. The average Bonchev–Trinajstić information content (AvgIpc) is 2.74. The summed E-state index contributed by atoms with van der Waals surface area (Å²) < 4.78 is 2.34. The molecular weight excluding hydrogens is 398 g/mol. The molecule has 1 aliphatic carbocycles. The highest BCUT2D eigenvalue weighted by Gasteiger charge is 2.18. The smallest absolute Gasteiger partial charge is 0.0846 e. The van der Waals surface area contributed by atoms with E-state index in [-0.39, 0.29) is 0 Å². The van der Waals surface area contributed by atoms with Crippen LogP contribution in [0.25, 0.3) is 6.08 Å². The van der Waals surface area contributed by atoms with Crippen molar-refractivity contribution in [3.8, 4) is 0 Å². The van der Waals surface area contributed by atoms with Crippen molar-refractivity contribution in [3.63, 3.8) is 0 Å². The van der Waals surface area contributed by atoms with E-state index < -0.39 is 0 Å². The Labute approximate surface area is 143 Å². The molecule has 0 amide bonds. The Morgan fingerprint density at radius 1 is 1.35 bits per heavy atom. The molecule has 1 aromatic heterocycles.